The summed E-state index contributed by atoms with van der Waals surface area (Å²) in [5, 5.41) is 5.79. The molecule has 184 valence electrons. The number of nitrogen functional groups attached to an aromatic ring is 1. The maximum absolute atomic E-state index is 12.7. The van der Waals surface area contributed by atoms with E-state index in [9.17, 15) is 14.4 Å². The van der Waals surface area contributed by atoms with Crippen LogP contribution in [0.3, 0.4) is 0 Å². The number of nitrogens with zero attached hydrogens (tertiary/aromatic N) is 2. The predicted molar refractivity (Wildman–Crippen MR) is 137 cm³/mol. The molecular formula is C25H29N5O4S. The van der Waals surface area contributed by atoms with Gasteiger partial charge < -0.3 is 26.0 Å². The number of fused-ring (bicyclic) bond motifs is 1. The second-order valence-corrected chi connectivity index (χ2v) is 10.0. The maximum atomic E-state index is 12.7. The van der Waals surface area contributed by atoms with E-state index in [1.54, 1.807) is 11.0 Å². The Hall–Kier alpha value is -3.40. The van der Waals surface area contributed by atoms with Gasteiger partial charge >= 0.3 is 6.09 Å². The molecule has 35 heavy (non-hydrogen) atoms. The first-order valence-electron chi connectivity index (χ1n) is 12.0. The van der Waals surface area contributed by atoms with Crippen LogP contribution in [0.2, 0.25) is 0 Å². The number of nitrogens with one attached hydrogen (secondary N) is 2. The third kappa shape index (κ3) is 5.17. The molecule has 2 fully saturated rings. The number of hydrogen-bond donors (Lipinski definition) is 3. The van der Waals surface area contributed by atoms with Gasteiger partial charge in [-0.25, -0.2) is 4.79 Å². The zero-order valence-electron chi connectivity index (χ0n) is 19.4. The summed E-state index contributed by atoms with van der Waals surface area (Å²) in [4.78, 5) is 41.7. The SMILES string of the molecule is Nc1ccc(N2CCCC2)cc1C(=O)NCCCC1CN(c2ccc3c(c2)NC(=O)CS3)C(=O)O1. The van der Waals surface area contributed by atoms with E-state index in [0.717, 1.165) is 42.2 Å². The fourth-order valence-corrected chi connectivity index (χ4v) is 5.45. The van der Waals surface area contributed by atoms with E-state index in [1.165, 1.54) is 11.8 Å². The van der Waals surface area contributed by atoms with E-state index in [1.807, 2.05) is 30.3 Å². The highest BCUT2D eigenvalue weighted by molar-refractivity contribution is 8.00. The molecule has 0 saturated carbocycles. The quantitative estimate of drug-likeness (QED) is 0.398. The van der Waals surface area contributed by atoms with Gasteiger partial charge in [0.15, 0.2) is 0 Å². The average Bonchev–Trinajstić information content (AvgIpc) is 3.51. The summed E-state index contributed by atoms with van der Waals surface area (Å²) in [5.74, 6) is 0.156. The van der Waals surface area contributed by atoms with E-state index < -0.39 is 6.09 Å². The van der Waals surface area contributed by atoms with Crippen LogP contribution in [-0.4, -0.2) is 55.9 Å². The highest BCUT2D eigenvalue weighted by Gasteiger charge is 2.32. The highest BCUT2D eigenvalue weighted by atomic mass is 32.2. The van der Waals surface area contributed by atoms with Crippen molar-refractivity contribution in [2.45, 2.75) is 36.7 Å². The summed E-state index contributed by atoms with van der Waals surface area (Å²) in [6.07, 6.45) is 2.96. The van der Waals surface area contributed by atoms with Gasteiger partial charge in [-0.2, -0.15) is 0 Å². The van der Waals surface area contributed by atoms with Crippen LogP contribution < -0.4 is 26.2 Å². The number of hydrogen-bond acceptors (Lipinski definition) is 7. The lowest BCUT2D eigenvalue weighted by Crippen LogP contribution is -2.27. The van der Waals surface area contributed by atoms with Crippen molar-refractivity contribution in [3.05, 3.63) is 42.0 Å². The van der Waals surface area contributed by atoms with Crippen molar-refractivity contribution in [1.82, 2.24) is 5.32 Å². The second-order valence-electron chi connectivity index (χ2n) is 9.00. The molecule has 1 unspecified atom stereocenters. The molecule has 0 bridgehead atoms. The summed E-state index contributed by atoms with van der Waals surface area (Å²) < 4.78 is 5.53. The minimum absolute atomic E-state index is 0.0481. The fourth-order valence-electron chi connectivity index (χ4n) is 4.66. The summed E-state index contributed by atoms with van der Waals surface area (Å²) in [6, 6.07) is 11.2. The predicted octanol–water partition coefficient (Wildman–Crippen LogP) is 3.45. The van der Waals surface area contributed by atoms with Gasteiger partial charge in [-0.3, -0.25) is 14.5 Å². The number of carbonyl (C=O) groups excluding carboxylic acids is 3. The second kappa shape index (κ2) is 10.1. The zero-order valence-corrected chi connectivity index (χ0v) is 20.2. The van der Waals surface area contributed by atoms with Crippen molar-refractivity contribution >= 4 is 52.4 Å². The van der Waals surface area contributed by atoms with E-state index in [0.29, 0.717) is 48.6 Å². The molecule has 3 heterocycles. The van der Waals surface area contributed by atoms with E-state index >= 15 is 0 Å². The first-order chi connectivity index (χ1) is 17.0. The normalized spacial score (nSPS) is 19.4. The van der Waals surface area contributed by atoms with Crippen LogP contribution in [0.25, 0.3) is 0 Å². The molecule has 0 spiro atoms. The molecule has 3 aliphatic heterocycles. The van der Waals surface area contributed by atoms with Gasteiger partial charge in [0, 0.05) is 41.6 Å². The highest BCUT2D eigenvalue weighted by Crippen LogP contribution is 2.35. The van der Waals surface area contributed by atoms with Crippen LogP contribution in [0.5, 0.6) is 0 Å². The Bertz CT molecular complexity index is 1150. The monoisotopic (exact) mass is 495 g/mol. The summed E-state index contributed by atoms with van der Waals surface area (Å²) in [6.45, 7) is 2.89. The smallest absolute Gasteiger partial charge is 0.414 e. The minimum Gasteiger partial charge on any atom is -0.444 e. The third-order valence-electron chi connectivity index (χ3n) is 6.52. The number of thioether (sulfide) groups is 1. The van der Waals surface area contributed by atoms with Crippen LogP contribution in [0.4, 0.5) is 27.5 Å². The Morgan fingerprint density at radius 2 is 1.94 bits per heavy atom. The Labute approximate surface area is 208 Å². The number of ether oxygens (including phenoxy) is 1. The number of nitrogens with two attached hydrogens (primary N) is 1. The largest absolute Gasteiger partial charge is 0.444 e. The summed E-state index contributed by atoms with van der Waals surface area (Å²) >= 11 is 1.48. The van der Waals surface area contributed by atoms with Gasteiger partial charge in [-0.05, 0) is 62.1 Å². The molecule has 2 aromatic rings. The summed E-state index contributed by atoms with van der Waals surface area (Å²) in [5.41, 5.74) is 9.46. The topological polar surface area (TPSA) is 117 Å². The molecule has 1 atom stereocenters. The lowest BCUT2D eigenvalue weighted by atomic mass is 10.1. The first kappa shape index (κ1) is 23.3. The standard InChI is InChI=1S/C25H29N5O4S/c26-20-7-5-16(29-10-1-2-11-29)12-19(20)24(32)27-9-3-4-18-14-30(25(33)34-18)17-6-8-22-21(13-17)28-23(31)15-35-22/h5-8,12-13,18H,1-4,9-11,14-15,26H2,(H,27,32)(H,28,31). The van der Waals surface area contributed by atoms with E-state index in [2.05, 4.69) is 15.5 Å². The van der Waals surface area contributed by atoms with Crippen molar-refractivity contribution in [1.29, 1.82) is 0 Å². The van der Waals surface area contributed by atoms with E-state index in [-0.39, 0.29) is 17.9 Å². The molecule has 3 aliphatic rings. The first-order valence-corrected chi connectivity index (χ1v) is 12.9. The van der Waals surface area contributed by atoms with Crippen molar-refractivity contribution < 1.29 is 19.1 Å². The van der Waals surface area contributed by atoms with Gasteiger partial charge in [-0.15, -0.1) is 11.8 Å². The Morgan fingerprint density at radius 3 is 2.77 bits per heavy atom. The van der Waals surface area contributed by atoms with Gasteiger partial charge in [0.1, 0.15) is 6.10 Å². The van der Waals surface area contributed by atoms with Crippen LogP contribution in [0, 0.1) is 0 Å². The number of amides is 3. The molecule has 5 rings (SSSR count). The number of carbonyl (C=O) groups is 3. The number of benzene rings is 2. The van der Waals surface area contributed by atoms with Crippen LogP contribution in [-0.2, 0) is 9.53 Å². The Morgan fingerprint density at radius 1 is 1.14 bits per heavy atom. The number of rotatable bonds is 7. The lowest BCUT2D eigenvalue weighted by molar-refractivity contribution is -0.113. The maximum Gasteiger partial charge on any atom is 0.414 e. The van der Waals surface area contributed by atoms with Crippen LogP contribution in [0.15, 0.2) is 41.3 Å². The van der Waals surface area contributed by atoms with Gasteiger partial charge in [-0.1, -0.05) is 0 Å². The molecule has 3 amide bonds. The fraction of sp³-hybridized carbons (Fsp3) is 0.400. The Balaban J connectivity index is 1.12. The van der Waals surface area contributed by atoms with Crippen molar-refractivity contribution in [2.75, 3.05) is 52.8 Å². The molecular weight excluding hydrogens is 466 g/mol. The third-order valence-corrected chi connectivity index (χ3v) is 7.60. The molecule has 0 radical (unpaired) electrons. The summed E-state index contributed by atoms with van der Waals surface area (Å²) in [7, 11) is 0. The zero-order chi connectivity index (χ0) is 24.4. The Kier molecular flexibility index (Phi) is 6.72. The molecule has 2 aromatic carbocycles. The molecule has 2 saturated heterocycles. The van der Waals surface area contributed by atoms with Crippen molar-refractivity contribution in [3.8, 4) is 0 Å². The molecule has 10 heteroatoms. The van der Waals surface area contributed by atoms with Crippen molar-refractivity contribution in [3.63, 3.8) is 0 Å². The molecule has 0 aliphatic carbocycles. The number of cyclic esters (lactones) is 1. The van der Waals surface area contributed by atoms with E-state index in [4.69, 9.17) is 10.5 Å². The molecule has 4 N–H and O–H groups in total. The minimum atomic E-state index is -0.403. The molecule has 9 nitrogen and oxygen atoms in total. The van der Waals surface area contributed by atoms with Gasteiger partial charge in [0.2, 0.25) is 5.91 Å². The van der Waals surface area contributed by atoms with Gasteiger partial charge in [0.25, 0.3) is 5.91 Å². The van der Waals surface area contributed by atoms with Crippen molar-refractivity contribution in [2.24, 2.45) is 0 Å². The molecule has 0 aromatic heterocycles. The van der Waals surface area contributed by atoms with Gasteiger partial charge in [0.05, 0.1) is 23.5 Å². The lowest BCUT2D eigenvalue weighted by Gasteiger charge is -2.20. The van der Waals surface area contributed by atoms with Crippen LogP contribution >= 0.6 is 11.8 Å². The van der Waals surface area contributed by atoms with Crippen LogP contribution in [0.1, 0.15) is 36.0 Å². The number of anilines is 4. The average molecular weight is 496 g/mol.